The Morgan fingerprint density at radius 1 is 0.623 bits per heavy atom. The number of aliphatic hydroxyl groups is 1. The van der Waals surface area contributed by atoms with E-state index in [0.29, 0.717) is 25.7 Å². The van der Waals surface area contributed by atoms with E-state index in [1.807, 2.05) is 0 Å². The standard InChI is InChI=1S/C45H78O8/c1-4-6-8-10-12-14-16-18-20-22-24-26-28-30-32-41-34-37-43-36-39(46)50-38(43)35-42(52-43,53-45(37,48)44(41,51-41)40(47)49-3)33-31-29-27-25-23-21-19-17-15-13-11-9-7-5-2/h37-38,48H,4-36H2,1-3H3/t37-,38-,41-,42+,43-,44-,45-/m0/s1. The number of rotatable bonds is 31. The summed E-state index contributed by atoms with van der Waals surface area (Å²) < 4.78 is 31.1. The van der Waals surface area contributed by atoms with Gasteiger partial charge in [0.15, 0.2) is 5.79 Å². The number of carbonyl (C=O) groups is 2. The predicted molar refractivity (Wildman–Crippen MR) is 208 cm³/mol. The molecule has 1 aliphatic carbocycles. The molecule has 7 atom stereocenters. The van der Waals surface area contributed by atoms with Crippen LogP contribution in [0, 0.1) is 5.92 Å². The van der Waals surface area contributed by atoms with Crippen molar-refractivity contribution >= 4 is 11.9 Å². The van der Waals surface area contributed by atoms with Gasteiger partial charge in [0, 0.05) is 12.8 Å². The van der Waals surface area contributed by atoms with Gasteiger partial charge in [-0.15, -0.1) is 0 Å². The van der Waals surface area contributed by atoms with Crippen LogP contribution < -0.4 is 0 Å². The molecule has 8 nitrogen and oxygen atoms in total. The summed E-state index contributed by atoms with van der Waals surface area (Å²) in [6.07, 6.45) is 37.2. The van der Waals surface area contributed by atoms with Gasteiger partial charge >= 0.3 is 11.9 Å². The first kappa shape index (κ1) is 42.9. The first-order valence-electron chi connectivity index (χ1n) is 22.9. The van der Waals surface area contributed by atoms with Crippen molar-refractivity contribution in [1.82, 2.24) is 0 Å². The normalized spacial score (nSPS) is 33.5. The summed E-state index contributed by atoms with van der Waals surface area (Å²) in [5.41, 5.74) is -3.50. The Hall–Kier alpha value is -1.22. The molecule has 1 spiro atoms. The average Bonchev–Trinajstić information content (AvgIpc) is 3.52. The predicted octanol–water partition coefficient (Wildman–Crippen LogP) is 11.3. The number of methoxy groups -OCH3 is 1. The van der Waals surface area contributed by atoms with Gasteiger partial charge in [-0.25, -0.2) is 4.79 Å². The zero-order valence-electron chi connectivity index (χ0n) is 34.3. The average molecular weight is 747 g/mol. The van der Waals surface area contributed by atoms with Gasteiger partial charge in [0.25, 0.3) is 0 Å². The van der Waals surface area contributed by atoms with Crippen LogP contribution in [0.3, 0.4) is 0 Å². The number of unbranched alkanes of at least 4 members (excludes halogenated alkanes) is 26. The lowest BCUT2D eigenvalue weighted by Crippen LogP contribution is -2.68. The van der Waals surface area contributed by atoms with Crippen molar-refractivity contribution in [3.63, 3.8) is 0 Å². The highest BCUT2D eigenvalue weighted by Crippen LogP contribution is 2.76. The maximum Gasteiger partial charge on any atom is 0.347 e. The van der Waals surface area contributed by atoms with E-state index in [1.54, 1.807) is 0 Å². The second-order valence-electron chi connectivity index (χ2n) is 17.8. The topological polar surface area (TPSA) is 104 Å². The monoisotopic (exact) mass is 747 g/mol. The molecular formula is C45H78O8. The summed E-state index contributed by atoms with van der Waals surface area (Å²) in [6, 6.07) is 0. The number of ether oxygens (including phenoxy) is 5. The molecule has 5 aliphatic rings. The number of fused-ring (bicyclic) bond motifs is 4. The molecule has 0 aromatic carbocycles. The molecule has 1 saturated carbocycles. The lowest BCUT2D eigenvalue weighted by atomic mass is 9.76. The Morgan fingerprint density at radius 3 is 1.51 bits per heavy atom. The van der Waals surface area contributed by atoms with Gasteiger partial charge in [0.05, 0.1) is 19.4 Å². The van der Waals surface area contributed by atoms with Crippen LogP contribution in [0.15, 0.2) is 0 Å². The third-order valence-electron chi connectivity index (χ3n) is 13.8. The molecule has 4 heterocycles. The second kappa shape index (κ2) is 20.3. The molecule has 5 fully saturated rings. The van der Waals surface area contributed by atoms with Gasteiger partial charge in [-0.3, -0.25) is 4.79 Å². The SMILES string of the molecule is CCCCCCCCCCCCCCCC[C@@]12C[C@@H]3OC(=O)C[C@]3(O1)[C@@H]1C[C@]3(CCCCCCCCCCCCCCCC)O[C@]3(C(=O)OC)[C@@]1(O)O2. The zero-order valence-corrected chi connectivity index (χ0v) is 34.3. The molecule has 1 N–H and O–H groups in total. The Balaban J connectivity index is 1.06. The van der Waals surface area contributed by atoms with E-state index in [1.165, 1.54) is 148 Å². The van der Waals surface area contributed by atoms with Crippen molar-refractivity contribution in [1.29, 1.82) is 0 Å². The number of hydrogen-bond acceptors (Lipinski definition) is 8. The third-order valence-corrected chi connectivity index (χ3v) is 13.8. The summed E-state index contributed by atoms with van der Waals surface area (Å²) in [5.74, 6) is -4.56. The van der Waals surface area contributed by atoms with Gasteiger partial charge in [-0.1, -0.05) is 187 Å². The lowest BCUT2D eigenvalue weighted by Gasteiger charge is -2.51. The van der Waals surface area contributed by atoms with E-state index in [9.17, 15) is 14.7 Å². The molecule has 4 aliphatic heterocycles. The van der Waals surface area contributed by atoms with Gasteiger partial charge in [-0.2, -0.15) is 0 Å². The molecule has 5 rings (SSSR count). The Morgan fingerprint density at radius 2 is 1.06 bits per heavy atom. The molecule has 306 valence electrons. The minimum Gasteiger partial charge on any atom is -0.467 e. The molecule has 0 amide bonds. The van der Waals surface area contributed by atoms with Crippen molar-refractivity contribution < 1.29 is 38.4 Å². The van der Waals surface area contributed by atoms with Gasteiger partial charge in [-0.05, 0) is 19.3 Å². The van der Waals surface area contributed by atoms with Crippen LogP contribution in [0.1, 0.15) is 226 Å². The van der Waals surface area contributed by atoms with Crippen molar-refractivity contribution in [2.24, 2.45) is 5.92 Å². The van der Waals surface area contributed by atoms with Crippen LogP contribution in [-0.4, -0.2) is 58.6 Å². The van der Waals surface area contributed by atoms with Crippen LogP contribution in [-0.2, 0) is 33.3 Å². The Kier molecular flexibility index (Phi) is 16.4. The molecule has 0 aromatic rings. The van der Waals surface area contributed by atoms with E-state index in [2.05, 4.69) is 13.8 Å². The highest BCUT2D eigenvalue weighted by Gasteiger charge is 2.96. The van der Waals surface area contributed by atoms with Crippen LogP contribution in [0.25, 0.3) is 0 Å². The number of carbonyl (C=O) groups excluding carboxylic acids is 2. The smallest absolute Gasteiger partial charge is 0.347 e. The highest BCUT2D eigenvalue weighted by atomic mass is 16.8. The fourth-order valence-corrected chi connectivity index (χ4v) is 10.8. The maximum atomic E-state index is 13.7. The summed E-state index contributed by atoms with van der Waals surface area (Å²) in [7, 11) is 1.36. The van der Waals surface area contributed by atoms with E-state index in [4.69, 9.17) is 23.7 Å². The minimum absolute atomic E-state index is 0.0701. The number of epoxide rings is 1. The van der Waals surface area contributed by atoms with E-state index in [0.717, 1.165) is 38.5 Å². The van der Waals surface area contributed by atoms with Crippen molar-refractivity contribution in [3.05, 3.63) is 0 Å². The second-order valence-corrected chi connectivity index (χ2v) is 17.8. The fraction of sp³-hybridized carbons (Fsp3) is 0.956. The van der Waals surface area contributed by atoms with E-state index < -0.39 is 46.4 Å². The van der Waals surface area contributed by atoms with Crippen molar-refractivity contribution in [2.45, 2.75) is 260 Å². The van der Waals surface area contributed by atoms with E-state index >= 15 is 0 Å². The molecule has 4 saturated heterocycles. The number of esters is 2. The summed E-state index contributed by atoms with van der Waals surface area (Å²) in [5, 5.41) is 12.6. The largest absolute Gasteiger partial charge is 0.467 e. The van der Waals surface area contributed by atoms with Crippen molar-refractivity contribution in [2.75, 3.05) is 7.11 Å². The summed E-state index contributed by atoms with van der Waals surface area (Å²) in [4.78, 5) is 26.4. The molecular weight excluding hydrogens is 668 g/mol. The Bertz CT molecular complexity index is 1130. The summed E-state index contributed by atoms with van der Waals surface area (Å²) >= 11 is 0. The van der Waals surface area contributed by atoms with Gasteiger partial charge < -0.3 is 28.8 Å². The third kappa shape index (κ3) is 9.67. The van der Waals surface area contributed by atoms with Crippen LogP contribution in [0.2, 0.25) is 0 Å². The quantitative estimate of drug-likeness (QED) is 0.0425. The maximum absolute atomic E-state index is 13.7. The minimum atomic E-state index is -1.94. The highest BCUT2D eigenvalue weighted by molar-refractivity contribution is 5.88. The van der Waals surface area contributed by atoms with Crippen LogP contribution in [0.5, 0.6) is 0 Å². The van der Waals surface area contributed by atoms with Crippen LogP contribution in [0.4, 0.5) is 0 Å². The first-order valence-corrected chi connectivity index (χ1v) is 22.9. The molecule has 53 heavy (non-hydrogen) atoms. The first-order chi connectivity index (χ1) is 25.8. The Labute approximate surface area is 322 Å². The molecule has 0 aromatic heterocycles. The lowest BCUT2D eigenvalue weighted by molar-refractivity contribution is -0.435. The van der Waals surface area contributed by atoms with E-state index in [-0.39, 0.29) is 12.4 Å². The molecule has 2 bridgehead atoms. The summed E-state index contributed by atoms with van der Waals surface area (Å²) in [6.45, 7) is 4.54. The zero-order chi connectivity index (χ0) is 37.7. The van der Waals surface area contributed by atoms with Crippen LogP contribution >= 0.6 is 0 Å². The van der Waals surface area contributed by atoms with Crippen molar-refractivity contribution in [3.8, 4) is 0 Å². The molecule has 8 heteroatoms. The number of hydrogen-bond donors (Lipinski definition) is 1. The fourth-order valence-electron chi connectivity index (χ4n) is 10.8. The molecule has 0 unspecified atom stereocenters. The molecule has 0 radical (unpaired) electrons. The van der Waals surface area contributed by atoms with Gasteiger partial charge in [0.1, 0.15) is 17.3 Å². The van der Waals surface area contributed by atoms with Gasteiger partial charge in [0.2, 0.25) is 11.4 Å².